The Morgan fingerprint density at radius 1 is 0.301 bits per heavy atom. The maximum atomic E-state index is 13.3. The summed E-state index contributed by atoms with van der Waals surface area (Å²) >= 11 is 0. The number of hydrogen-bond donors (Lipinski definition) is 4. The minimum absolute atomic E-state index is 0. The quantitative estimate of drug-likeness (QED) is 0.0487. The van der Waals surface area contributed by atoms with Crippen LogP contribution in [0.5, 0.6) is 0 Å². The molecule has 0 radical (unpaired) electrons. The van der Waals surface area contributed by atoms with Gasteiger partial charge in [-0.3, -0.25) is 67.5 Å². The summed E-state index contributed by atoms with van der Waals surface area (Å²) in [6, 6.07) is 0. The molecule has 0 spiro atoms. The molecule has 4 fully saturated rings. The molecule has 0 unspecified atom stereocenters. The molecule has 414 valence electrons. The topological polar surface area (TPSA) is 381 Å². The van der Waals surface area contributed by atoms with Crippen LogP contribution in [0.3, 0.4) is 0 Å². The van der Waals surface area contributed by atoms with Crippen LogP contribution in [-0.4, -0.2) is 305 Å². The fraction of sp³-hybridized carbons (Fsp3) is 0.750. The van der Waals surface area contributed by atoms with Gasteiger partial charge in [-0.25, -0.2) is 33.2 Å². The Hall–Kier alpha value is -5.81. The monoisotopic (exact) mass is 1070 g/mol. The van der Waals surface area contributed by atoms with Crippen LogP contribution in [0.1, 0.15) is 0 Å². The van der Waals surface area contributed by atoms with Crippen molar-refractivity contribution in [1.82, 2.24) is 49.0 Å². The largest absolute Gasteiger partial charge is 0.447 e. The first-order chi connectivity index (χ1) is 34.7. The standard InChI is InChI=1S/C40H68N14O18.ClH/c41-69-27-35(59)49-9-1-45(2-10-49)31(55)23-53(24-32(56)46-3-11-50(12-4-46)36(60)28-70-42)39(63)67-21-19-65-17-18-66-20-22-68-40(64)54(25-33(57)47-5-13-51(14-6-47)37(61)29-71-43)26-34(58)48-7-15-52(16-8-48)38(62)30-72-44;/h1-30,41-44H2;1H. The Morgan fingerprint density at radius 3 is 0.671 bits per heavy atom. The van der Waals surface area contributed by atoms with Gasteiger partial charge >= 0.3 is 12.2 Å². The fourth-order valence-electron chi connectivity index (χ4n) is 7.77. The maximum Gasteiger partial charge on any atom is 0.410 e. The van der Waals surface area contributed by atoms with Gasteiger partial charge in [0.2, 0.25) is 23.6 Å². The van der Waals surface area contributed by atoms with E-state index in [1.54, 1.807) is 0 Å². The summed E-state index contributed by atoms with van der Waals surface area (Å²) in [5.41, 5.74) is 0. The van der Waals surface area contributed by atoms with E-state index in [0.717, 1.165) is 9.80 Å². The van der Waals surface area contributed by atoms with Crippen molar-refractivity contribution in [1.29, 1.82) is 0 Å². The van der Waals surface area contributed by atoms with Crippen LogP contribution >= 0.6 is 12.4 Å². The lowest BCUT2D eigenvalue weighted by molar-refractivity contribution is -0.144. The van der Waals surface area contributed by atoms with Crippen LogP contribution in [-0.2, 0) is 76.7 Å². The molecule has 4 rings (SSSR count). The zero-order chi connectivity index (χ0) is 52.4. The van der Waals surface area contributed by atoms with Crippen LogP contribution in [0, 0.1) is 0 Å². The Labute approximate surface area is 426 Å². The van der Waals surface area contributed by atoms with E-state index in [1.165, 1.54) is 39.2 Å². The minimum atomic E-state index is -0.959. The minimum Gasteiger partial charge on any atom is -0.447 e. The lowest BCUT2D eigenvalue weighted by Gasteiger charge is -2.37. The number of rotatable bonds is 25. The first-order valence-electron chi connectivity index (χ1n) is 23.2. The number of ether oxygens (including phenoxy) is 4. The van der Waals surface area contributed by atoms with Gasteiger partial charge in [-0.05, 0) is 0 Å². The van der Waals surface area contributed by atoms with Gasteiger partial charge in [-0.2, -0.15) is 0 Å². The van der Waals surface area contributed by atoms with Crippen molar-refractivity contribution in [2.45, 2.75) is 0 Å². The van der Waals surface area contributed by atoms with Crippen molar-refractivity contribution >= 4 is 71.9 Å². The fourth-order valence-corrected chi connectivity index (χ4v) is 7.77. The van der Waals surface area contributed by atoms with Crippen molar-refractivity contribution in [3.8, 4) is 0 Å². The number of carbonyl (C=O) groups is 10. The second kappa shape index (κ2) is 33.1. The third-order valence-electron chi connectivity index (χ3n) is 11.9. The highest BCUT2D eigenvalue weighted by Gasteiger charge is 2.33. The Balaban J connectivity index is 0.0000141. The number of halogens is 1. The van der Waals surface area contributed by atoms with E-state index < -0.39 is 62.0 Å². The number of amides is 10. The number of nitrogens with two attached hydrogens (primary N) is 4. The number of hydrogen-bond acceptors (Lipinski definition) is 22. The molecule has 73 heavy (non-hydrogen) atoms. The lowest BCUT2D eigenvalue weighted by atomic mass is 10.2. The van der Waals surface area contributed by atoms with Crippen LogP contribution in [0.15, 0.2) is 0 Å². The first-order valence-corrected chi connectivity index (χ1v) is 23.2. The Kier molecular flexibility index (Phi) is 27.9. The number of piperazine rings is 4. The average Bonchev–Trinajstić information content (AvgIpc) is 3.38. The smallest absolute Gasteiger partial charge is 0.410 e. The molecule has 0 aliphatic carbocycles. The second-order valence-corrected chi connectivity index (χ2v) is 16.5. The van der Waals surface area contributed by atoms with Gasteiger partial charge in [-0.15, -0.1) is 12.4 Å². The van der Waals surface area contributed by atoms with Crippen molar-refractivity contribution in [2.75, 3.05) is 197 Å². The van der Waals surface area contributed by atoms with E-state index in [1.807, 2.05) is 0 Å². The molecule has 33 heteroatoms. The first kappa shape index (κ1) is 61.5. The third-order valence-corrected chi connectivity index (χ3v) is 11.9. The number of carbonyl (C=O) groups excluding carboxylic acids is 10. The molecule has 4 aliphatic rings. The van der Waals surface area contributed by atoms with E-state index in [4.69, 9.17) is 42.5 Å². The molecule has 32 nitrogen and oxygen atoms in total. The van der Waals surface area contributed by atoms with Crippen LogP contribution in [0.4, 0.5) is 9.59 Å². The van der Waals surface area contributed by atoms with Gasteiger partial charge in [0.05, 0.1) is 26.4 Å². The zero-order valence-corrected chi connectivity index (χ0v) is 41.6. The summed E-state index contributed by atoms with van der Waals surface area (Å²) in [7, 11) is 0. The predicted octanol–water partition coefficient (Wildman–Crippen LogP) is -7.44. The van der Waals surface area contributed by atoms with Gasteiger partial charge < -0.3 is 58.1 Å². The molecule has 0 bridgehead atoms. The highest BCUT2D eigenvalue weighted by molar-refractivity contribution is 5.89. The highest BCUT2D eigenvalue weighted by atomic mass is 35.5. The molecular formula is C40H69ClN14O18. The Bertz CT molecular complexity index is 1600. The van der Waals surface area contributed by atoms with Crippen molar-refractivity contribution in [3.05, 3.63) is 0 Å². The van der Waals surface area contributed by atoms with Crippen molar-refractivity contribution in [2.24, 2.45) is 23.6 Å². The van der Waals surface area contributed by atoms with E-state index in [2.05, 4.69) is 19.4 Å². The van der Waals surface area contributed by atoms with Crippen molar-refractivity contribution in [3.63, 3.8) is 0 Å². The van der Waals surface area contributed by atoms with Gasteiger partial charge in [0.25, 0.3) is 23.6 Å². The van der Waals surface area contributed by atoms with Crippen LogP contribution in [0.25, 0.3) is 0 Å². The van der Waals surface area contributed by atoms with Gasteiger partial charge in [0, 0.05) is 105 Å². The molecule has 4 aliphatic heterocycles. The summed E-state index contributed by atoms with van der Waals surface area (Å²) in [6.45, 7) is -0.884. The summed E-state index contributed by atoms with van der Waals surface area (Å²) in [4.78, 5) is 160. The van der Waals surface area contributed by atoms with E-state index >= 15 is 0 Å². The summed E-state index contributed by atoms with van der Waals surface area (Å²) in [5.74, 6) is 16.8. The molecule has 0 atom stereocenters. The molecule has 0 saturated carbocycles. The maximum absolute atomic E-state index is 13.3. The summed E-state index contributed by atoms with van der Waals surface area (Å²) < 4.78 is 21.7. The second-order valence-electron chi connectivity index (χ2n) is 16.5. The van der Waals surface area contributed by atoms with Gasteiger partial charge in [-0.1, -0.05) is 0 Å². The molecule has 0 aromatic heterocycles. The number of nitrogens with zero attached hydrogens (tertiary/aromatic N) is 10. The lowest BCUT2D eigenvalue weighted by Crippen LogP contribution is -2.56. The normalized spacial score (nSPS) is 16.1. The molecule has 0 aromatic rings. The molecule has 4 heterocycles. The molecular weight excluding hydrogens is 1000 g/mol. The molecule has 0 aromatic carbocycles. The van der Waals surface area contributed by atoms with Crippen LogP contribution < -0.4 is 23.6 Å². The molecule has 4 saturated heterocycles. The third kappa shape index (κ3) is 20.6. The van der Waals surface area contributed by atoms with Crippen LogP contribution in [0.2, 0.25) is 0 Å². The zero-order valence-electron chi connectivity index (χ0n) is 40.8. The highest BCUT2D eigenvalue weighted by Crippen LogP contribution is 2.11. The van der Waals surface area contributed by atoms with E-state index in [9.17, 15) is 47.9 Å². The summed E-state index contributed by atoms with van der Waals surface area (Å²) in [6.07, 6.45) is -1.92. The predicted molar refractivity (Wildman–Crippen MR) is 248 cm³/mol. The molecule has 10 amide bonds. The molecule has 8 N–H and O–H groups in total. The Morgan fingerprint density at radius 2 is 0.479 bits per heavy atom. The van der Waals surface area contributed by atoms with Gasteiger partial charge in [0.1, 0.15) is 65.8 Å². The van der Waals surface area contributed by atoms with E-state index in [0.29, 0.717) is 0 Å². The average molecular weight is 1070 g/mol. The van der Waals surface area contributed by atoms with Crippen molar-refractivity contribution < 1.29 is 86.2 Å². The SMILES string of the molecule is Cl.NOCC(=O)N1CCN(C(=O)CN(CC(=O)N2CCN(C(=O)CON)CC2)C(=O)OCCOCCOCCOC(=O)N(CC(=O)N2CCN(C(=O)CON)CC2)CC(=O)N2CCN(C(=O)CON)CC2)CC1. The van der Waals surface area contributed by atoms with E-state index in [-0.39, 0.29) is 207 Å². The summed E-state index contributed by atoms with van der Waals surface area (Å²) in [5, 5.41) is 0. The van der Waals surface area contributed by atoms with Gasteiger partial charge in [0.15, 0.2) is 0 Å².